The summed E-state index contributed by atoms with van der Waals surface area (Å²) >= 11 is 7.13. The first-order valence-electron chi connectivity index (χ1n) is 10.4. The number of rotatable bonds is 5. The van der Waals surface area contributed by atoms with Gasteiger partial charge in [0.2, 0.25) is 5.91 Å². The second-order valence-corrected chi connectivity index (χ2v) is 9.02. The van der Waals surface area contributed by atoms with Gasteiger partial charge in [0.1, 0.15) is 5.03 Å². The van der Waals surface area contributed by atoms with Gasteiger partial charge in [-0.3, -0.25) is 4.79 Å². The molecule has 0 saturated heterocycles. The maximum Gasteiger partial charge on any atom is 0.416 e. The van der Waals surface area contributed by atoms with Crippen molar-refractivity contribution in [1.29, 1.82) is 0 Å². The van der Waals surface area contributed by atoms with Gasteiger partial charge in [-0.05, 0) is 35.0 Å². The molecule has 35 heavy (non-hydrogen) atoms. The van der Waals surface area contributed by atoms with E-state index in [1.54, 1.807) is 16.9 Å². The fraction of sp³-hybridized carbons (Fsp3) is 0.0800. The standard InChI is InChI=1S/C25H16ClF3N4OS/c26-19-9-8-16(25(27,28)29)12-21(19)31-23(34)14-35-24-22-13-20(32-33(22)11-10-30-24)18-7-3-5-15-4-1-2-6-17(15)18/h1-13H,14H2,(H,31,34). The molecular formula is C25H16ClF3N4OS. The van der Waals surface area contributed by atoms with Gasteiger partial charge in [-0.25, -0.2) is 9.50 Å². The first-order valence-corrected chi connectivity index (χ1v) is 11.8. The van der Waals surface area contributed by atoms with E-state index >= 15 is 0 Å². The van der Waals surface area contributed by atoms with E-state index in [0.29, 0.717) is 10.5 Å². The van der Waals surface area contributed by atoms with Crippen molar-refractivity contribution in [2.75, 3.05) is 11.1 Å². The smallest absolute Gasteiger partial charge is 0.324 e. The number of amides is 1. The first-order chi connectivity index (χ1) is 16.8. The Balaban J connectivity index is 1.37. The summed E-state index contributed by atoms with van der Waals surface area (Å²) in [6.07, 6.45) is -1.24. The van der Waals surface area contributed by atoms with Crippen molar-refractivity contribution in [3.8, 4) is 11.3 Å². The van der Waals surface area contributed by atoms with Gasteiger partial charge in [-0.15, -0.1) is 0 Å². The molecule has 1 N–H and O–H groups in total. The van der Waals surface area contributed by atoms with Crippen LogP contribution < -0.4 is 5.32 Å². The maximum atomic E-state index is 13.0. The fourth-order valence-electron chi connectivity index (χ4n) is 3.71. The molecule has 0 unspecified atom stereocenters. The number of anilines is 1. The summed E-state index contributed by atoms with van der Waals surface area (Å²) in [6, 6.07) is 18.7. The van der Waals surface area contributed by atoms with E-state index in [1.165, 1.54) is 0 Å². The minimum Gasteiger partial charge on any atom is -0.324 e. The minimum absolute atomic E-state index is 0.0205. The number of benzene rings is 3. The number of thioether (sulfide) groups is 1. The lowest BCUT2D eigenvalue weighted by atomic mass is 10.0. The molecule has 0 spiro atoms. The topological polar surface area (TPSA) is 59.3 Å². The number of nitrogens with one attached hydrogen (secondary N) is 1. The summed E-state index contributed by atoms with van der Waals surface area (Å²) < 4.78 is 40.7. The molecule has 0 atom stereocenters. The van der Waals surface area contributed by atoms with E-state index in [1.807, 2.05) is 48.5 Å². The number of carbonyl (C=O) groups excluding carboxylic acids is 1. The Labute approximate surface area is 206 Å². The van der Waals surface area contributed by atoms with Crippen LogP contribution in [0.4, 0.5) is 18.9 Å². The number of halogens is 4. The number of carbonyl (C=O) groups is 1. The van der Waals surface area contributed by atoms with Crippen molar-refractivity contribution >= 4 is 51.2 Å². The molecule has 5 aromatic rings. The summed E-state index contributed by atoms with van der Waals surface area (Å²) in [5.74, 6) is -0.581. The second-order valence-electron chi connectivity index (χ2n) is 7.65. The number of hydrogen-bond donors (Lipinski definition) is 1. The van der Waals surface area contributed by atoms with Crippen LogP contribution in [0, 0.1) is 0 Å². The number of fused-ring (bicyclic) bond motifs is 2. The van der Waals surface area contributed by atoms with Crippen LogP contribution in [0.3, 0.4) is 0 Å². The van der Waals surface area contributed by atoms with Crippen LogP contribution in [-0.2, 0) is 11.0 Å². The number of nitrogens with zero attached hydrogens (tertiary/aromatic N) is 3. The zero-order valence-electron chi connectivity index (χ0n) is 17.9. The van der Waals surface area contributed by atoms with Crippen molar-refractivity contribution in [2.24, 2.45) is 0 Å². The van der Waals surface area contributed by atoms with Crippen LogP contribution in [0.1, 0.15) is 5.56 Å². The zero-order chi connectivity index (χ0) is 24.6. The summed E-state index contributed by atoms with van der Waals surface area (Å²) in [7, 11) is 0. The predicted molar refractivity (Wildman–Crippen MR) is 132 cm³/mol. The SMILES string of the molecule is O=C(CSc1nccn2nc(-c3cccc4ccccc34)cc12)Nc1cc(C(F)(F)F)ccc1Cl. The minimum atomic E-state index is -4.54. The van der Waals surface area contributed by atoms with Gasteiger partial charge in [0.05, 0.1) is 33.2 Å². The van der Waals surface area contributed by atoms with Crippen molar-refractivity contribution in [1.82, 2.24) is 14.6 Å². The van der Waals surface area contributed by atoms with E-state index in [9.17, 15) is 18.0 Å². The van der Waals surface area contributed by atoms with E-state index in [2.05, 4.69) is 15.4 Å². The molecule has 0 saturated carbocycles. The highest BCUT2D eigenvalue weighted by Gasteiger charge is 2.31. The molecule has 5 rings (SSSR count). The Morgan fingerprint density at radius 3 is 2.69 bits per heavy atom. The van der Waals surface area contributed by atoms with Gasteiger partial charge in [-0.2, -0.15) is 18.3 Å². The highest BCUT2D eigenvalue weighted by molar-refractivity contribution is 8.00. The quantitative estimate of drug-likeness (QED) is 0.259. The van der Waals surface area contributed by atoms with Crippen LogP contribution in [0.15, 0.2) is 84.1 Å². The predicted octanol–water partition coefficient (Wildman–Crippen LogP) is 6.95. The molecule has 1 amide bonds. The van der Waals surface area contributed by atoms with Crippen molar-refractivity contribution in [3.63, 3.8) is 0 Å². The second kappa shape index (κ2) is 9.24. The molecule has 176 valence electrons. The van der Waals surface area contributed by atoms with Crippen LogP contribution in [-0.4, -0.2) is 26.3 Å². The van der Waals surface area contributed by atoms with Crippen molar-refractivity contribution in [3.05, 3.63) is 89.7 Å². The Bertz CT molecular complexity index is 1560. The molecule has 2 aromatic heterocycles. The third kappa shape index (κ3) is 4.82. The third-order valence-electron chi connectivity index (χ3n) is 5.33. The normalized spacial score (nSPS) is 11.8. The average Bonchev–Trinajstić information content (AvgIpc) is 3.28. The molecule has 0 aliphatic carbocycles. The average molecular weight is 513 g/mol. The lowest BCUT2D eigenvalue weighted by Crippen LogP contribution is -2.15. The molecule has 0 bridgehead atoms. The fourth-order valence-corrected chi connectivity index (χ4v) is 4.65. The molecule has 0 aliphatic heterocycles. The van der Waals surface area contributed by atoms with Crippen LogP contribution in [0.5, 0.6) is 0 Å². The third-order valence-corrected chi connectivity index (χ3v) is 6.65. The van der Waals surface area contributed by atoms with Gasteiger partial charge >= 0.3 is 6.18 Å². The Hall–Kier alpha value is -3.56. The molecule has 5 nitrogen and oxygen atoms in total. The molecule has 3 aromatic carbocycles. The maximum absolute atomic E-state index is 13.0. The monoisotopic (exact) mass is 512 g/mol. The van der Waals surface area contributed by atoms with Gasteiger partial charge in [0, 0.05) is 18.0 Å². The Morgan fingerprint density at radius 2 is 1.86 bits per heavy atom. The summed E-state index contributed by atoms with van der Waals surface area (Å²) in [5, 5.41) is 9.87. The number of alkyl halides is 3. The van der Waals surface area contributed by atoms with Crippen LogP contribution in [0.2, 0.25) is 5.02 Å². The van der Waals surface area contributed by atoms with E-state index < -0.39 is 17.6 Å². The first kappa shape index (κ1) is 23.2. The van der Waals surface area contributed by atoms with Crippen LogP contribution >= 0.6 is 23.4 Å². The molecule has 0 radical (unpaired) electrons. The van der Waals surface area contributed by atoms with E-state index in [4.69, 9.17) is 11.6 Å². The lowest BCUT2D eigenvalue weighted by Gasteiger charge is -2.11. The van der Waals surface area contributed by atoms with Crippen LogP contribution in [0.25, 0.3) is 27.5 Å². The number of hydrogen-bond acceptors (Lipinski definition) is 4. The van der Waals surface area contributed by atoms with E-state index in [-0.39, 0.29) is 16.5 Å². The summed E-state index contributed by atoms with van der Waals surface area (Å²) in [4.78, 5) is 16.9. The summed E-state index contributed by atoms with van der Waals surface area (Å²) in [6.45, 7) is 0. The molecule has 10 heteroatoms. The van der Waals surface area contributed by atoms with Gasteiger partial charge in [0.25, 0.3) is 0 Å². The largest absolute Gasteiger partial charge is 0.416 e. The van der Waals surface area contributed by atoms with Gasteiger partial charge in [0.15, 0.2) is 0 Å². The highest BCUT2D eigenvalue weighted by Crippen LogP contribution is 2.34. The number of aromatic nitrogens is 3. The van der Waals surface area contributed by atoms with Crippen molar-refractivity contribution in [2.45, 2.75) is 11.2 Å². The van der Waals surface area contributed by atoms with Gasteiger partial charge < -0.3 is 5.32 Å². The lowest BCUT2D eigenvalue weighted by molar-refractivity contribution is -0.137. The highest BCUT2D eigenvalue weighted by atomic mass is 35.5. The summed E-state index contributed by atoms with van der Waals surface area (Å²) in [5.41, 5.74) is 1.46. The molecule has 0 aliphatic rings. The Morgan fingerprint density at radius 1 is 1.06 bits per heavy atom. The molecule has 0 fully saturated rings. The van der Waals surface area contributed by atoms with Gasteiger partial charge in [-0.1, -0.05) is 65.8 Å². The Kier molecular flexibility index (Phi) is 6.12. The van der Waals surface area contributed by atoms with E-state index in [0.717, 1.165) is 52.0 Å². The zero-order valence-corrected chi connectivity index (χ0v) is 19.5. The molecular weight excluding hydrogens is 497 g/mol. The van der Waals surface area contributed by atoms with Crippen molar-refractivity contribution < 1.29 is 18.0 Å². The molecule has 2 heterocycles.